The van der Waals surface area contributed by atoms with Gasteiger partial charge in [0.1, 0.15) is 64.8 Å². The van der Waals surface area contributed by atoms with E-state index in [0.29, 0.717) is 101 Å². The van der Waals surface area contributed by atoms with E-state index in [0.717, 1.165) is 74.9 Å². The molecule has 2 aliphatic rings. The van der Waals surface area contributed by atoms with E-state index in [9.17, 15) is 46.7 Å². The van der Waals surface area contributed by atoms with Crippen molar-refractivity contribution in [1.82, 2.24) is 40.8 Å². The fraction of sp³-hybridized carbons (Fsp3) is 0.405. The molecule has 4 heterocycles. The number of carbonyl (C=O) groups is 8. The molecule has 28 nitrogen and oxygen atoms in total. The second-order valence-corrected chi connectivity index (χ2v) is 27.4. The van der Waals surface area contributed by atoms with Crippen LogP contribution in [0.4, 0.5) is 57.1 Å². The van der Waals surface area contributed by atoms with Gasteiger partial charge in [-0.25, -0.2) is 29.5 Å². The van der Waals surface area contributed by atoms with Gasteiger partial charge in [0.05, 0.1) is 79.3 Å². The van der Waals surface area contributed by atoms with Gasteiger partial charge >= 0.3 is 18.4 Å². The molecule has 0 unspecified atom stereocenters. The number of hydrogen-bond acceptors (Lipinski definition) is 22. The lowest BCUT2D eigenvalue weighted by molar-refractivity contribution is -0.156. The number of halogens is 7. The number of anilines is 6. The first-order chi connectivity index (χ1) is 51.5. The maximum Gasteiger partial charge on any atom is 0.446 e. The van der Waals surface area contributed by atoms with Crippen LogP contribution in [0.15, 0.2) is 98.6 Å². The number of amides is 6. The van der Waals surface area contributed by atoms with Gasteiger partial charge in [0.25, 0.3) is 0 Å². The second kappa shape index (κ2) is 42.6. The number of nitrogens with zero attached hydrogens (tertiary/aromatic N) is 9. The zero-order chi connectivity index (χ0) is 80.9. The molecule has 35 heteroatoms. The molecule has 8 rings (SSSR count). The lowest BCUT2D eigenvalue weighted by Crippen LogP contribution is -2.48. The number of carbonyl (C=O) groups excluding carboxylic acids is 8. The Balaban J connectivity index is 0.000000326. The Labute approximate surface area is 651 Å². The molecule has 2 aliphatic heterocycles. The first-order valence-electron chi connectivity index (χ1n) is 33.8. The summed E-state index contributed by atoms with van der Waals surface area (Å²) in [6.07, 6.45) is -0.311. The third kappa shape index (κ3) is 28.8. The van der Waals surface area contributed by atoms with Crippen molar-refractivity contribution in [2.45, 2.75) is 84.6 Å². The molecule has 6 aromatic rings. The fourth-order valence-electron chi connectivity index (χ4n) is 10.4. The molecule has 0 atom stereocenters. The molecule has 5 N–H and O–H groups in total. The van der Waals surface area contributed by atoms with Crippen molar-refractivity contribution in [3.63, 3.8) is 0 Å². The number of aromatic nitrogens is 4. The van der Waals surface area contributed by atoms with Crippen LogP contribution in [0.2, 0.25) is 20.1 Å². The predicted octanol–water partition coefficient (Wildman–Crippen LogP) is 11.0. The number of hydrogen-bond donors (Lipinski definition) is 5. The quantitative estimate of drug-likeness (QED) is 0.0263. The third-order valence-electron chi connectivity index (χ3n) is 15.8. The van der Waals surface area contributed by atoms with E-state index < -0.39 is 35.9 Å². The lowest BCUT2D eigenvalue weighted by atomic mass is 10.0. The second-order valence-electron chi connectivity index (χ2n) is 25.9. The highest BCUT2D eigenvalue weighted by molar-refractivity contribution is 6.39. The van der Waals surface area contributed by atoms with E-state index in [2.05, 4.69) is 74.4 Å². The van der Waals surface area contributed by atoms with Crippen LogP contribution in [0.3, 0.4) is 0 Å². The fourth-order valence-corrected chi connectivity index (χ4v) is 11.6. The summed E-state index contributed by atoms with van der Waals surface area (Å²) in [5.41, 5.74) is 5.99. The summed E-state index contributed by atoms with van der Waals surface area (Å²) >= 11 is 26.0. The Kier molecular flexibility index (Phi) is 35.0. The van der Waals surface area contributed by atoms with E-state index in [1.54, 1.807) is 59.1 Å². The third-order valence-corrected chi connectivity index (χ3v) is 17.5. The highest BCUT2D eigenvalue weighted by Crippen LogP contribution is 2.43. The van der Waals surface area contributed by atoms with Crippen molar-refractivity contribution in [2.24, 2.45) is 0 Å². The van der Waals surface area contributed by atoms with Crippen LogP contribution in [0.5, 0.6) is 23.0 Å². The Hall–Kier alpha value is -10.0. The molecule has 6 amide bonds. The molecule has 2 aromatic heterocycles. The number of rotatable bonds is 25. The van der Waals surface area contributed by atoms with Gasteiger partial charge in [-0.15, -0.1) is 0 Å². The molecule has 2 fully saturated rings. The topological polar surface area (TPSA) is 320 Å². The van der Waals surface area contributed by atoms with Gasteiger partial charge in [0.2, 0.25) is 29.9 Å². The standard InChI is InChI=1S/C36H45Cl2N7O6.C29H32Cl2N6O4.C7H13NO3.C2HF3O/c1-8-31(46)42-27-19-25(45-15-13-44(14-16-45)12-11-39-35(48)51-36(2,3)4)10-9-23(27)17-24-18-30(41-22-40-24)43(5)32(47)20-26-33(37)28(49-6)21-29(50-7)34(26)38;1-5-26(38)35-22-14-20(37-10-8-32-9-11-37)7-6-18(22)12-19-13-25(34-17-33-19)36(2)27(39)15-21-28(30)23(40-3)16-24(41-4)29(21)31;1-7(2,3)11-6(10)8-4-5-9;3-2(4,5)1-6/h8-10,18-19,21-22H,1,11-17,20H2,2-7H3,(H,39,48)(H,42,46);5-7,13-14,16-17,32H,1,8-12,15H2,2-4H3,(H,35,38);5H,4H2,1-3H3,(H,8,10);1H. The molecule has 109 heavy (non-hydrogen) atoms. The maximum atomic E-state index is 13.4. The number of ether oxygens (including phenoxy) is 6. The van der Waals surface area contributed by atoms with Crippen molar-refractivity contribution in [3.8, 4) is 23.0 Å². The van der Waals surface area contributed by atoms with Crippen LogP contribution in [-0.2, 0) is 63.9 Å². The minimum atomic E-state index is -4.64. The summed E-state index contributed by atoms with van der Waals surface area (Å²) in [6.45, 7) is 25.9. The van der Waals surface area contributed by atoms with Crippen molar-refractivity contribution >= 4 is 129 Å². The Morgan fingerprint density at radius 3 is 1.28 bits per heavy atom. The number of aldehydes is 2. The summed E-state index contributed by atoms with van der Waals surface area (Å²) in [4.78, 5) is 120. The number of alkyl halides is 3. The highest BCUT2D eigenvalue weighted by Gasteiger charge is 2.28. The van der Waals surface area contributed by atoms with Crippen LogP contribution in [0, 0.1) is 0 Å². The van der Waals surface area contributed by atoms with Crippen LogP contribution in [0.25, 0.3) is 0 Å². The smallest absolute Gasteiger partial charge is 0.446 e. The van der Waals surface area contributed by atoms with Crippen LogP contribution < -0.4 is 65.1 Å². The van der Waals surface area contributed by atoms with E-state index >= 15 is 0 Å². The average molecular weight is 1600 g/mol. The molecule has 2 saturated heterocycles. The number of piperazine rings is 2. The van der Waals surface area contributed by atoms with E-state index in [4.69, 9.17) is 79.6 Å². The summed E-state index contributed by atoms with van der Waals surface area (Å²) in [7, 11) is 9.11. The molecule has 0 aliphatic carbocycles. The number of alkyl carbamates (subject to hydrolysis) is 2. The Bertz CT molecular complexity index is 4120. The SMILES string of the molecule is C=CC(=O)Nc1cc(N2CCN(CCNC(=O)OC(C)(C)C)CC2)ccc1Cc1cc(N(C)C(=O)Cc2c(Cl)c(OC)cc(OC)c2Cl)ncn1.C=CC(=O)Nc1cc(N2CCNCC2)ccc1Cc1cc(N(C)C(=O)Cc2c(Cl)c(OC)cc(OC)c2Cl)ncn1.CC(C)(C)OC(=O)NCC=O.O=CC(F)(F)F. The molecule has 0 saturated carbocycles. The zero-order valence-corrected chi connectivity index (χ0v) is 65.7. The van der Waals surface area contributed by atoms with Gasteiger partial charge in [-0.3, -0.25) is 38.7 Å². The number of benzene rings is 4. The minimum Gasteiger partial charge on any atom is -0.495 e. The molecular weight excluding hydrogens is 1510 g/mol. The first-order valence-corrected chi connectivity index (χ1v) is 35.3. The largest absolute Gasteiger partial charge is 0.495 e. The summed E-state index contributed by atoms with van der Waals surface area (Å²) < 4.78 is 62.7. The van der Waals surface area contributed by atoms with E-state index in [1.165, 1.54) is 63.0 Å². The average Bonchev–Trinajstić information content (AvgIpc) is 0.815. The van der Waals surface area contributed by atoms with Gasteiger partial charge in [0, 0.05) is 151 Å². The highest BCUT2D eigenvalue weighted by atomic mass is 35.5. The minimum absolute atomic E-state index is 0.00505. The normalized spacial score (nSPS) is 12.8. The summed E-state index contributed by atoms with van der Waals surface area (Å²) in [5, 5.41) is 15.2. The molecule has 0 spiro atoms. The molecule has 4 aromatic carbocycles. The Morgan fingerprint density at radius 2 is 0.936 bits per heavy atom. The van der Waals surface area contributed by atoms with Crippen molar-refractivity contribution in [1.29, 1.82) is 0 Å². The van der Waals surface area contributed by atoms with Crippen LogP contribution in [-0.4, -0.2) is 205 Å². The van der Waals surface area contributed by atoms with Crippen LogP contribution in [0.1, 0.15) is 75.2 Å². The molecule has 590 valence electrons. The number of nitrogens with one attached hydrogen (secondary N) is 5. The van der Waals surface area contributed by atoms with Crippen LogP contribution >= 0.6 is 46.4 Å². The molecule has 0 radical (unpaired) electrons. The molecular formula is C74H91Cl4F3N14O14. The van der Waals surface area contributed by atoms with Crippen molar-refractivity contribution in [2.75, 3.05) is 145 Å². The first kappa shape index (κ1) is 89.6. The van der Waals surface area contributed by atoms with E-state index in [1.807, 2.05) is 57.2 Å². The zero-order valence-electron chi connectivity index (χ0n) is 62.6. The van der Waals surface area contributed by atoms with Gasteiger partial charge < -0.3 is 69.6 Å². The number of methoxy groups -OCH3 is 4. The van der Waals surface area contributed by atoms with Gasteiger partial charge in [0.15, 0.2) is 0 Å². The van der Waals surface area contributed by atoms with Gasteiger partial charge in [-0.1, -0.05) is 71.7 Å². The Morgan fingerprint density at radius 1 is 0.560 bits per heavy atom. The maximum absolute atomic E-state index is 13.4. The summed E-state index contributed by atoms with van der Waals surface area (Å²) in [6, 6.07) is 18.5. The monoisotopic (exact) mass is 1600 g/mol. The van der Waals surface area contributed by atoms with Gasteiger partial charge in [-0.05, 0) is 89.1 Å². The van der Waals surface area contributed by atoms with Crippen molar-refractivity contribution < 1.29 is 79.9 Å². The number of likely N-dealkylation sites (N-methyl/N-ethyl adjacent to an activating group) is 2. The summed E-state index contributed by atoms with van der Waals surface area (Å²) in [5.74, 6) is 0.898. The molecule has 0 bridgehead atoms. The lowest BCUT2D eigenvalue weighted by Gasteiger charge is -2.36. The van der Waals surface area contributed by atoms with E-state index in [-0.39, 0.29) is 63.1 Å². The van der Waals surface area contributed by atoms with Gasteiger partial charge in [-0.2, -0.15) is 13.2 Å². The predicted molar refractivity (Wildman–Crippen MR) is 414 cm³/mol. The van der Waals surface area contributed by atoms with Crippen molar-refractivity contribution in [3.05, 3.63) is 152 Å².